The zero-order valence-electron chi connectivity index (χ0n) is 7.35. The molecule has 6 heteroatoms. The van der Waals surface area contributed by atoms with Crippen molar-refractivity contribution >= 4 is 5.97 Å². The molecule has 0 saturated heterocycles. The quantitative estimate of drug-likeness (QED) is 0.629. The Balaban J connectivity index is 0. The van der Waals surface area contributed by atoms with Gasteiger partial charge in [0.15, 0.2) is 0 Å². The van der Waals surface area contributed by atoms with Crippen LogP contribution in [-0.2, 0) is 4.79 Å². The Morgan fingerprint density at radius 3 is 1.77 bits per heavy atom. The highest BCUT2D eigenvalue weighted by molar-refractivity contribution is 5.73. The van der Waals surface area contributed by atoms with Crippen LogP contribution in [0.25, 0.3) is 0 Å². The van der Waals surface area contributed by atoms with Crippen LogP contribution in [0, 0.1) is 0 Å². The summed E-state index contributed by atoms with van der Waals surface area (Å²) in [7, 11) is 0. The second-order valence-electron chi connectivity index (χ2n) is 2.32. The van der Waals surface area contributed by atoms with Crippen molar-refractivity contribution < 1.29 is 23.1 Å². The number of carbonyl (C=O) groups is 1. The van der Waals surface area contributed by atoms with Gasteiger partial charge in [-0.2, -0.15) is 13.2 Å². The topological polar surface area (TPSA) is 63.3 Å². The van der Waals surface area contributed by atoms with Gasteiger partial charge in [-0.05, 0) is 13.8 Å². The molecule has 0 fully saturated rings. The van der Waals surface area contributed by atoms with Gasteiger partial charge in [0.25, 0.3) is 0 Å². The summed E-state index contributed by atoms with van der Waals surface area (Å²) in [5.74, 6) is -2.76. The van der Waals surface area contributed by atoms with E-state index in [1.165, 1.54) is 5.57 Å². The summed E-state index contributed by atoms with van der Waals surface area (Å²) < 4.78 is 31.7. The van der Waals surface area contributed by atoms with E-state index in [0.717, 1.165) is 0 Å². The molecule has 0 atom stereocenters. The monoisotopic (exact) mass is 199 g/mol. The average Bonchev–Trinajstić information content (AvgIpc) is 1.85. The zero-order valence-corrected chi connectivity index (χ0v) is 7.35. The Morgan fingerprint density at radius 2 is 1.77 bits per heavy atom. The van der Waals surface area contributed by atoms with Crippen molar-refractivity contribution in [2.75, 3.05) is 6.54 Å². The van der Waals surface area contributed by atoms with Crippen molar-refractivity contribution in [3.8, 4) is 0 Å². The molecule has 0 aliphatic heterocycles. The van der Waals surface area contributed by atoms with Crippen LogP contribution < -0.4 is 5.73 Å². The van der Waals surface area contributed by atoms with Crippen LogP contribution in [-0.4, -0.2) is 23.8 Å². The second kappa shape index (κ2) is 6.47. The van der Waals surface area contributed by atoms with Crippen LogP contribution in [0.2, 0.25) is 0 Å². The molecule has 0 amide bonds. The first-order valence-electron chi connectivity index (χ1n) is 3.35. The molecule has 0 aliphatic rings. The molecule has 0 aromatic heterocycles. The number of hydrogen-bond acceptors (Lipinski definition) is 2. The standard InChI is InChI=1S/C5H11N.C2HF3O2/c1-5(2)3-4-6;3-2(4,5)1(6)7/h3H,4,6H2,1-2H3;(H,6,7). The number of carboxylic acid groups (broad SMARTS) is 1. The number of aliphatic carboxylic acids is 1. The number of alkyl halides is 3. The fourth-order valence-electron chi connectivity index (χ4n) is 0.236. The van der Waals surface area contributed by atoms with E-state index in [9.17, 15) is 13.2 Å². The van der Waals surface area contributed by atoms with Crippen LogP contribution in [0.4, 0.5) is 13.2 Å². The minimum atomic E-state index is -5.08. The Kier molecular flexibility index (Phi) is 7.21. The van der Waals surface area contributed by atoms with Gasteiger partial charge in [-0.15, -0.1) is 0 Å². The number of halogens is 3. The van der Waals surface area contributed by atoms with Gasteiger partial charge in [-0.25, -0.2) is 4.79 Å². The van der Waals surface area contributed by atoms with Crippen LogP contribution in [0.3, 0.4) is 0 Å². The van der Waals surface area contributed by atoms with Crippen LogP contribution in [0.5, 0.6) is 0 Å². The Bertz CT molecular complexity index is 183. The highest BCUT2D eigenvalue weighted by Crippen LogP contribution is 2.13. The fraction of sp³-hybridized carbons (Fsp3) is 0.571. The number of rotatable bonds is 1. The first-order valence-corrected chi connectivity index (χ1v) is 3.35. The van der Waals surface area contributed by atoms with Crippen LogP contribution in [0.1, 0.15) is 13.8 Å². The van der Waals surface area contributed by atoms with Crippen molar-refractivity contribution in [2.24, 2.45) is 5.73 Å². The molecule has 13 heavy (non-hydrogen) atoms. The first-order chi connectivity index (χ1) is 5.71. The largest absolute Gasteiger partial charge is 0.490 e. The number of nitrogens with two attached hydrogens (primary N) is 1. The van der Waals surface area contributed by atoms with E-state index in [-0.39, 0.29) is 0 Å². The molecule has 0 aliphatic carbocycles. The van der Waals surface area contributed by atoms with E-state index in [0.29, 0.717) is 6.54 Å². The van der Waals surface area contributed by atoms with Gasteiger partial charge in [0, 0.05) is 6.54 Å². The van der Waals surface area contributed by atoms with E-state index in [2.05, 4.69) is 0 Å². The molecule has 0 radical (unpaired) electrons. The summed E-state index contributed by atoms with van der Waals surface area (Å²) in [6.07, 6.45) is -3.10. The van der Waals surface area contributed by atoms with Gasteiger partial charge >= 0.3 is 12.1 Å². The molecule has 0 heterocycles. The highest BCUT2D eigenvalue weighted by atomic mass is 19.4. The lowest BCUT2D eigenvalue weighted by atomic mass is 10.3. The summed E-state index contributed by atoms with van der Waals surface area (Å²) in [6, 6.07) is 0. The Morgan fingerprint density at radius 1 is 1.46 bits per heavy atom. The highest BCUT2D eigenvalue weighted by Gasteiger charge is 2.38. The van der Waals surface area contributed by atoms with E-state index in [4.69, 9.17) is 15.6 Å². The molecule has 0 unspecified atom stereocenters. The van der Waals surface area contributed by atoms with Crippen LogP contribution in [0.15, 0.2) is 11.6 Å². The molecule has 0 spiro atoms. The molecular formula is C7H12F3NO2. The van der Waals surface area contributed by atoms with Crippen molar-refractivity contribution in [1.82, 2.24) is 0 Å². The van der Waals surface area contributed by atoms with Gasteiger partial charge in [0.2, 0.25) is 0 Å². The van der Waals surface area contributed by atoms with Crippen molar-refractivity contribution in [1.29, 1.82) is 0 Å². The molecule has 0 aromatic carbocycles. The molecule has 78 valence electrons. The van der Waals surface area contributed by atoms with E-state index >= 15 is 0 Å². The minimum absolute atomic E-state index is 0.669. The SMILES string of the molecule is CC(C)=CCN.O=C(O)C(F)(F)F. The summed E-state index contributed by atoms with van der Waals surface area (Å²) in [5.41, 5.74) is 6.44. The maximum atomic E-state index is 10.6. The third-order valence-electron chi connectivity index (χ3n) is 0.769. The predicted octanol–water partition coefficient (Wildman–Crippen LogP) is 1.54. The average molecular weight is 199 g/mol. The molecule has 0 rings (SSSR count). The van der Waals surface area contributed by atoms with Crippen molar-refractivity contribution in [3.63, 3.8) is 0 Å². The van der Waals surface area contributed by atoms with Gasteiger partial charge in [-0.3, -0.25) is 0 Å². The van der Waals surface area contributed by atoms with Crippen LogP contribution >= 0.6 is 0 Å². The molecule has 3 nitrogen and oxygen atoms in total. The van der Waals surface area contributed by atoms with E-state index in [1.807, 2.05) is 19.9 Å². The molecule has 0 aromatic rings. The van der Waals surface area contributed by atoms with Gasteiger partial charge in [0.05, 0.1) is 0 Å². The summed E-state index contributed by atoms with van der Waals surface area (Å²) in [6.45, 7) is 4.74. The smallest absolute Gasteiger partial charge is 0.475 e. The maximum absolute atomic E-state index is 10.6. The second-order valence-corrected chi connectivity index (χ2v) is 2.32. The number of carboxylic acids is 1. The molecule has 0 bridgehead atoms. The molecule has 3 N–H and O–H groups in total. The lowest BCUT2D eigenvalue weighted by molar-refractivity contribution is -0.192. The van der Waals surface area contributed by atoms with Gasteiger partial charge < -0.3 is 10.8 Å². The molecular weight excluding hydrogens is 187 g/mol. The third-order valence-corrected chi connectivity index (χ3v) is 0.769. The van der Waals surface area contributed by atoms with Gasteiger partial charge in [0.1, 0.15) is 0 Å². The normalized spacial score (nSPS) is 9.69. The minimum Gasteiger partial charge on any atom is -0.475 e. The predicted molar refractivity (Wildman–Crippen MR) is 42.2 cm³/mol. The first kappa shape index (κ1) is 14.5. The third kappa shape index (κ3) is 13.9. The van der Waals surface area contributed by atoms with Gasteiger partial charge in [-0.1, -0.05) is 11.6 Å². The number of allylic oxidation sites excluding steroid dienone is 1. The van der Waals surface area contributed by atoms with Crippen molar-refractivity contribution in [3.05, 3.63) is 11.6 Å². The zero-order chi connectivity index (χ0) is 11.1. The fourth-order valence-corrected chi connectivity index (χ4v) is 0.236. The van der Waals surface area contributed by atoms with E-state index < -0.39 is 12.1 Å². The number of hydrogen-bond donors (Lipinski definition) is 2. The lowest BCUT2D eigenvalue weighted by Gasteiger charge is -1.93. The summed E-state index contributed by atoms with van der Waals surface area (Å²) in [4.78, 5) is 8.90. The maximum Gasteiger partial charge on any atom is 0.490 e. The summed E-state index contributed by atoms with van der Waals surface area (Å²) in [5, 5.41) is 7.12. The molecule has 0 saturated carbocycles. The lowest BCUT2D eigenvalue weighted by Crippen LogP contribution is -2.21. The Labute approximate surface area is 74.0 Å². The Hall–Kier alpha value is -1.04. The van der Waals surface area contributed by atoms with Crippen molar-refractivity contribution in [2.45, 2.75) is 20.0 Å². The van der Waals surface area contributed by atoms with E-state index in [1.54, 1.807) is 0 Å². The summed E-state index contributed by atoms with van der Waals surface area (Å²) >= 11 is 0.